The molecule has 5 atom stereocenters. The molecular formula is C11H17N4O9P. The summed E-state index contributed by atoms with van der Waals surface area (Å²) < 4.78 is 28.5. The lowest BCUT2D eigenvalue weighted by Crippen LogP contribution is -2.33. The normalized spacial score (nSPS) is 29.0. The average molecular weight is 381 g/mol. The van der Waals surface area contributed by atoms with Crippen LogP contribution in [0.1, 0.15) is 11.9 Å². The molecule has 2 unspecified atom stereocenters. The van der Waals surface area contributed by atoms with Crippen molar-refractivity contribution in [3.63, 3.8) is 0 Å². The van der Waals surface area contributed by atoms with Crippen molar-refractivity contribution < 1.29 is 43.4 Å². The Balaban J connectivity index is 2.20. The predicted octanol–water partition coefficient (Wildman–Crippen LogP) is -2.79. The second-order valence-corrected chi connectivity index (χ2v) is 6.36. The van der Waals surface area contributed by atoms with Crippen LogP contribution in [-0.4, -0.2) is 68.2 Å². The summed E-state index contributed by atoms with van der Waals surface area (Å²) in [5, 5.41) is 22.5. The quantitative estimate of drug-likeness (QED) is 0.191. The third-order valence-electron chi connectivity index (χ3n) is 3.42. The molecule has 25 heavy (non-hydrogen) atoms. The second-order valence-electron chi connectivity index (χ2n) is 5.16. The number of imidazole rings is 1. The van der Waals surface area contributed by atoms with Crippen LogP contribution in [0.5, 0.6) is 0 Å². The van der Waals surface area contributed by atoms with Gasteiger partial charge in [-0.25, -0.2) is 9.55 Å². The number of anilines is 1. The van der Waals surface area contributed by atoms with Gasteiger partial charge in [0.05, 0.1) is 25.0 Å². The van der Waals surface area contributed by atoms with Gasteiger partial charge in [0.1, 0.15) is 24.1 Å². The number of aromatic nitrogens is 2. The molecule has 1 aromatic rings. The van der Waals surface area contributed by atoms with Crippen molar-refractivity contribution in [1.82, 2.24) is 9.55 Å². The highest BCUT2D eigenvalue weighted by Crippen LogP contribution is 2.39. The van der Waals surface area contributed by atoms with Crippen molar-refractivity contribution in [2.45, 2.75) is 31.0 Å². The first kappa shape index (κ1) is 17.9. The van der Waals surface area contributed by atoms with Gasteiger partial charge in [0.25, 0.3) is 0 Å². The minimum atomic E-state index is -4.63. The highest BCUT2D eigenvalue weighted by molar-refractivity contribution is 7.46. The zero-order valence-electron chi connectivity index (χ0n) is 13.6. The van der Waals surface area contributed by atoms with Crippen molar-refractivity contribution in [3.05, 3.63) is 12.0 Å². The molecule has 2 heterocycles. The molecule has 1 saturated heterocycles. The maximum Gasteiger partial charge on any atom is 0.469 e. The van der Waals surface area contributed by atoms with Gasteiger partial charge in [-0.3, -0.25) is 18.7 Å². The summed E-state index contributed by atoms with van der Waals surface area (Å²) in [4.78, 5) is 38.3. The third-order valence-corrected chi connectivity index (χ3v) is 3.90. The van der Waals surface area contributed by atoms with Crippen LogP contribution in [0.4, 0.5) is 5.82 Å². The van der Waals surface area contributed by atoms with E-state index in [0.717, 1.165) is 10.9 Å². The number of nitrogens with zero attached hydrogens (tertiary/aromatic N) is 2. The van der Waals surface area contributed by atoms with Crippen molar-refractivity contribution in [1.29, 1.82) is 1.43 Å². The van der Waals surface area contributed by atoms with E-state index in [2.05, 4.69) is 19.7 Å². The smallest absolute Gasteiger partial charge is 0.387 e. The van der Waals surface area contributed by atoms with E-state index in [0.29, 0.717) is 6.41 Å². The number of aliphatic hydroxyl groups is 2. The molecule has 7 N–H and O–H groups in total. The molecule has 0 aromatic carbocycles. The lowest BCUT2D eigenvalue weighted by Gasteiger charge is -2.19. The summed E-state index contributed by atoms with van der Waals surface area (Å²) in [6.07, 6.45) is -4.41. The summed E-state index contributed by atoms with van der Waals surface area (Å²) in [5.74, 6) is -0.698. The van der Waals surface area contributed by atoms with E-state index in [1.165, 1.54) is 0 Å². The monoisotopic (exact) mass is 381 g/mol. The predicted molar refractivity (Wildman–Crippen MR) is 78.7 cm³/mol. The first-order valence-electron chi connectivity index (χ1n) is 7.29. The number of phosphoric ester groups is 1. The summed E-state index contributed by atoms with van der Waals surface area (Å²) in [6, 6.07) is 0. The standard InChI is InChI=1S/C11H17N4O9P/c12-7(17)1-5-10(14-4-16)15(3-13-5)11-9(19)8(18)6(24-11)2-23-25(20,21)22/h3-4,6,8-9,11,18-19H,1-2H2,(H2,12,17)(H,14,16)(H2,20,21,22)/t6-,8-,9-,11?/m1/s1/i/hD. The number of amides is 2. The molecule has 0 bridgehead atoms. The van der Waals surface area contributed by atoms with Crippen molar-refractivity contribution in [2.75, 3.05) is 11.9 Å². The summed E-state index contributed by atoms with van der Waals surface area (Å²) >= 11 is 0. The number of nitrogens with one attached hydrogen (secondary N) is 1. The SMILES string of the molecule is [2H]OP(=O)(O)OC[C@H]1OC(n2cnc(CC(N)=O)c2NC=O)[C@H](O)[C@@H]1O. The van der Waals surface area contributed by atoms with Crippen LogP contribution in [0.3, 0.4) is 0 Å². The van der Waals surface area contributed by atoms with Gasteiger partial charge >= 0.3 is 7.82 Å². The minimum absolute atomic E-state index is 0.0129. The number of carbonyl (C=O) groups excluding carboxylic acids is 2. The topological polar surface area (TPSA) is 206 Å². The number of carbonyl (C=O) groups is 2. The zero-order valence-corrected chi connectivity index (χ0v) is 13.5. The molecule has 0 radical (unpaired) electrons. The number of hydrogen-bond donors (Lipinski definition) is 6. The van der Waals surface area contributed by atoms with Crippen molar-refractivity contribution in [2.24, 2.45) is 5.73 Å². The van der Waals surface area contributed by atoms with Gasteiger partial charge in [-0.2, -0.15) is 0 Å². The van der Waals surface area contributed by atoms with Crippen molar-refractivity contribution in [3.8, 4) is 0 Å². The number of hydrogen-bond acceptors (Lipinski definition) is 9. The van der Waals surface area contributed by atoms with Crippen LogP contribution in [0, 0.1) is 0 Å². The van der Waals surface area contributed by atoms with Crippen LogP contribution in [-0.2, 0) is 29.8 Å². The maximum atomic E-state index is 11.1. The van der Waals surface area contributed by atoms with E-state index in [1.807, 2.05) is 0 Å². The van der Waals surface area contributed by atoms with E-state index in [-0.39, 0.29) is 17.9 Å². The number of rotatable bonds is 9. The Bertz CT molecular complexity index is 716. The fourth-order valence-electron chi connectivity index (χ4n) is 2.37. The molecule has 13 nitrogen and oxygen atoms in total. The fraction of sp³-hybridized carbons (Fsp3) is 0.545. The summed E-state index contributed by atoms with van der Waals surface area (Å²) in [5.41, 5.74) is 5.21. The number of ether oxygens (including phenoxy) is 1. The first-order chi connectivity index (χ1) is 12.2. The van der Waals surface area contributed by atoms with Crippen LogP contribution in [0.25, 0.3) is 0 Å². The molecule has 1 aliphatic rings. The molecule has 0 saturated carbocycles. The Kier molecular flexibility index (Phi) is 5.44. The van der Waals surface area contributed by atoms with E-state index in [1.54, 1.807) is 0 Å². The number of phosphoric acid groups is 1. The second kappa shape index (κ2) is 7.58. The molecule has 140 valence electrons. The van der Waals surface area contributed by atoms with Gasteiger partial charge < -0.3 is 35.8 Å². The number of aliphatic hydroxyl groups excluding tert-OH is 2. The van der Waals surface area contributed by atoms with Crippen LogP contribution >= 0.6 is 7.82 Å². The van der Waals surface area contributed by atoms with Gasteiger partial charge in [0.2, 0.25) is 13.7 Å². The highest BCUT2D eigenvalue weighted by atomic mass is 31.2. The summed E-state index contributed by atoms with van der Waals surface area (Å²) in [7, 11) is -4.63. The Labute approximate surface area is 142 Å². The number of nitrogens with two attached hydrogens (primary N) is 1. The van der Waals surface area contributed by atoms with Crippen LogP contribution in [0.15, 0.2) is 6.33 Å². The molecule has 1 aliphatic heterocycles. The van der Waals surface area contributed by atoms with Gasteiger partial charge in [0, 0.05) is 0 Å². The van der Waals surface area contributed by atoms with E-state index >= 15 is 0 Å². The minimum Gasteiger partial charge on any atom is -0.387 e. The first-order valence-corrected chi connectivity index (χ1v) is 8.37. The molecule has 1 aromatic heterocycles. The number of primary amides is 1. The molecule has 2 amide bonds. The van der Waals surface area contributed by atoms with E-state index < -0.39 is 44.9 Å². The van der Waals surface area contributed by atoms with Crippen LogP contribution < -0.4 is 11.1 Å². The van der Waals surface area contributed by atoms with Gasteiger partial charge in [-0.05, 0) is 0 Å². The largest absolute Gasteiger partial charge is 0.469 e. The zero-order chi connectivity index (χ0) is 19.5. The molecule has 0 aliphatic carbocycles. The Morgan fingerprint density at radius 1 is 1.60 bits per heavy atom. The molecule has 2 rings (SSSR count). The van der Waals surface area contributed by atoms with Gasteiger partial charge in [0.15, 0.2) is 6.23 Å². The van der Waals surface area contributed by atoms with Crippen LogP contribution in [0.2, 0.25) is 0 Å². The molecule has 1 fully saturated rings. The lowest BCUT2D eigenvalue weighted by molar-refractivity contribution is -0.117. The Hall–Kier alpha value is -1.86. The summed E-state index contributed by atoms with van der Waals surface area (Å²) in [6.45, 7) is -0.666. The Morgan fingerprint density at radius 3 is 2.92 bits per heavy atom. The van der Waals surface area contributed by atoms with Gasteiger partial charge in [-0.15, -0.1) is 0 Å². The molecule has 0 spiro atoms. The molecule has 14 heteroatoms. The molecular weight excluding hydrogens is 363 g/mol. The average Bonchev–Trinajstić information content (AvgIpc) is 3.08. The van der Waals surface area contributed by atoms with Gasteiger partial charge in [-0.1, -0.05) is 0 Å². The fourth-order valence-corrected chi connectivity index (χ4v) is 2.70. The van der Waals surface area contributed by atoms with Crippen molar-refractivity contribution >= 4 is 26.0 Å². The third kappa shape index (κ3) is 4.61. The van der Waals surface area contributed by atoms with E-state index in [4.69, 9.17) is 16.8 Å². The Morgan fingerprint density at radius 2 is 2.32 bits per heavy atom. The maximum absolute atomic E-state index is 11.1. The van der Waals surface area contributed by atoms with E-state index in [9.17, 15) is 24.4 Å². The lowest BCUT2D eigenvalue weighted by atomic mass is 10.1. The highest BCUT2D eigenvalue weighted by Gasteiger charge is 2.45.